The second-order valence-electron chi connectivity index (χ2n) is 7.25. The van der Waals surface area contributed by atoms with Crippen molar-refractivity contribution >= 4 is 0 Å². The van der Waals surface area contributed by atoms with E-state index in [1.807, 2.05) is 0 Å². The number of benzene rings is 1. The maximum atomic E-state index is 4.42. The summed E-state index contributed by atoms with van der Waals surface area (Å²) in [6.07, 6.45) is 13.6. The molecule has 0 aliphatic heterocycles. The minimum absolute atomic E-state index is 0.579. The highest BCUT2D eigenvalue weighted by molar-refractivity contribution is 5.25. The van der Waals surface area contributed by atoms with Crippen LogP contribution in [0.25, 0.3) is 0 Å². The number of rotatable bonds is 7. The van der Waals surface area contributed by atoms with E-state index in [0.29, 0.717) is 5.41 Å². The first-order chi connectivity index (χ1) is 10.1. The molecule has 0 amide bonds. The first-order valence-electron chi connectivity index (χ1n) is 8.86. The van der Waals surface area contributed by atoms with Crippen LogP contribution in [-0.2, 0) is 6.42 Å². The maximum Gasteiger partial charge on any atom is -0.00696 e. The van der Waals surface area contributed by atoms with Gasteiger partial charge in [-0.05, 0) is 50.0 Å². The third-order valence-corrected chi connectivity index (χ3v) is 5.17. The molecule has 0 heteroatoms. The summed E-state index contributed by atoms with van der Waals surface area (Å²) < 4.78 is 0. The molecule has 1 aliphatic carbocycles. The topological polar surface area (TPSA) is 0 Å². The number of hydrogen-bond donors (Lipinski definition) is 0. The number of unbranched alkanes of at least 4 members (excludes halogenated alkanes) is 1. The molecule has 0 heterocycles. The third-order valence-electron chi connectivity index (χ3n) is 5.17. The van der Waals surface area contributed by atoms with Gasteiger partial charge in [0.05, 0.1) is 0 Å². The normalized spacial score (nSPS) is 17.6. The van der Waals surface area contributed by atoms with Gasteiger partial charge in [0.15, 0.2) is 0 Å². The molecule has 1 aromatic rings. The summed E-state index contributed by atoms with van der Waals surface area (Å²) in [6.45, 7) is 8.89. The molecule has 0 N–H and O–H groups in total. The van der Waals surface area contributed by atoms with Crippen molar-refractivity contribution in [1.29, 1.82) is 0 Å². The summed E-state index contributed by atoms with van der Waals surface area (Å²) in [4.78, 5) is 0. The molecule has 1 saturated carbocycles. The van der Waals surface area contributed by atoms with E-state index in [0.717, 1.165) is 6.42 Å². The molecule has 0 spiro atoms. The van der Waals surface area contributed by atoms with E-state index in [-0.39, 0.29) is 0 Å². The van der Waals surface area contributed by atoms with Gasteiger partial charge in [-0.1, -0.05) is 81.0 Å². The molecule has 0 nitrogen and oxygen atoms in total. The van der Waals surface area contributed by atoms with Gasteiger partial charge in [0.1, 0.15) is 0 Å². The second kappa shape index (κ2) is 7.82. The Bertz CT molecular complexity index is 432. The quantitative estimate of drug-likeness (QED) is 0.493. The van der Waals surface area contributed by atoms with Crippen LogP contribution in [0.15, 0.2) is 36.4 Å². The Kier molecular flexibility index (Phi) is 6.08. The van der Waals surface area contributed by atoms with Crippen molar-refractivity contribution in [1.82, 2.24) is 0 Å². The highest BCUT2D eigenvalue weighted by atomic mass is 14.4. The fourth-order valence-electron chi connectivity index (χ4n) is 3.96. The molecule has 0 radical (unpaired) electrons. The van der Waals surface area contributed by atoms with E-state index in [4.69, 9.17) is 0 Å². The third kappa shape index (κ3) is 5.02. The Morgan fingerprint density at radius 1 is 1.10 bits per heavy atom. The predicted octanol–water partition coefficient (Wildman–Crippen LogP) is 6.62. The van der Waals surface area contributed by atoms with Crippen molar-refractivity contribution in [3.8, 4) is 0 Å². The summed E-state index contributed by atoms with van der Waals surface area (Å²) in [6, 6.07) is 8.96. The summed E-state index contributed by atoms with van der Waals surface area (Å²) in [5, 5.41) is 0. The molecular formula is C21H32. The van der Waals surface area contributed by atoms with Crippen LogP contribution in [0.5, 0.6) is 0 Å². The molecule has 0 saturated heterocycles. The van der Waals surface area contributed by atoms with E-state index < -0.39 is 0 Å². The van der Waals surface area contributed by atoms with Gasteiger partial charge >= 0.3 is 0 Å². The van der Waals surface area contributed by atoms with Crippen LogP contribution in [0.3, 0.4) is 0 Å². The van der Waals surface area contributed by atoms with Crippen LogP contribution >= 0.6 is 0 Å². The second-order valence-corrected chi connectivity index (χ2v) is 7.25. The highest BCUT2D eigenvalue weighted by Gasteiger charge is 2.31. The average molecular weight is 284 g/mol. The number of aryl methyl sites for hydroxylation is 1. The van der Waals surface area contributed by atoms with Gasteiger partial charge in [0.2, 0.25) is 0 Å². The van der Waals surface area contributed by atoms with Gasteiger partial charge in [-0.3, -0.25) is 0 Å². The van der Waals surface area contributed by atoms with Crippen LogP contribution in [-0.4, -0.2) is 0 Å². The van der Waals surface area contributed by atoms with Crippen molar-refractivity contribution in [2.45, 2.75) is 78.1 Å². The summed E-state index contributed by atoms with van der Waals surface area (Å²) >= 11 is 0. The first-order valence-corrected chi connectivity index (χ1v) is 8.86. The van der Waals surface area contributed by atoms with Crippen molar-refractivity contribution in [3.05, 3.63) is 47.5 Å². The van der Waals surface area contributed by atoms with Gasteiger partial charge in [-0.25, -0.2) is 0 Å². The van der Waals surface area contributed by atoms with Crippen molar-refractivity contribution in [2.75, 3.05) is 0 Å². The molecule has 2 rings (SSSR count). The minimum Gasteiger partial charge on any atom is -0.0995 e. The lowest BCUT2D eigenvalue weighted by atomic mass is 9.67. The molecule has 0 unspecified atom stereocenters. The lowest BCUT2D eigenvalue weighted by molar-refractivity contribution is 0.166. The zero-order valence-electron chi connectivity index (χ0n) is 14.1. The van der Waals surface area contributed by atoms with Crippen LogP contribution in [0.4, 0.5) is 0 Å². The van der Waals surface area contributed by atoms with Gasteiger partial charge in [0, 0.05) is 0 Å². The van der Waals surface area contributed by atoms with E-state index in [1.165, 1.54) is 74.5 Å². The molecular weight excluding hydrogens is 252 g/mol. The van der Waals surface area contributed by atoms with Crippen LogP contribution in [0, 0.1) is 12.3 Å². The Labute approximate surface area is 131 Å². The summed E-state index contributed by atoms with van der Waals surface area (Å²) in [5.41, 5.74) is 4.79. The Morgan fingerprint density at radius 2 is 1.76 bits per heavy atom. The van der Waals surface area contributed by atoms with Gasteiger partial charge in [0.25, 0.3) is 0 Å². The lowest BCUT2D eigenvalue weighted by Crippen LogP contribution is -2.25. The smallest absolute Gasteiger partial charge is 0.00696 e. The largest absolute Gasteiger partial charge is 0.0995 e. The molecule has 0 bridgehead atoms. The SMILES string of the molecule is C=C(Cc1ccc(C)cc1)CC1(CCCC)CCCCC1. The fourth-order valence-corrected chi connectivity index (χ4v) is 3.96. The minimum atomic E-state index is 0.579. The maximum absolute atomic E-state index is 4.42. The zero-order chi connectivity index (χ0) is 15.1. The molecule has 1 fully saturated rings. The number of hydrogen-bond acceptors (Lipinski definition) is 0. The molecule has 21 heavy (non-hydrogen) atoms. The predicted molar refractivity (Wildman–Crippen MR) is 93.7 cm³/mol. The standard InChI is InChI=1S/C21H32/c1-4-5-13-21(14-7-6-8-15-21)17-19(3)16-20-11-9-18(2)10-12-20/h9-12H,3-8,13-17H2,1-2H3. The molecule has 0 atom stereocenters. The van der Waals surface area contributed by atoms with Gasteiger partial charge < -0.3 is 0 Å². The van der Waals surface area contributed by atoms with E-state index in [9.17, 15) is 0 Å². The Morgan fingerprint density at radius 3 is 2.38 bits per heavy atom. The molecule has 1 aliphatic rings. The van der Waals surface area contributed by atoms with Crippen LogP contribution < -0.4 is 0 Å². The van der Waals surface area contributed by atoms with Gasteiger partial charge in [-0.2, -0.15) is 0 Å². The Hall–Kier alpha value is -1.04. The summed E-state index contributed by atoms with van der Waals surface area (Å²) in [7, 11) is 0. The zero-order valence-corrected chi connectivity index (χ0v) is 14.1. The lowest BCUT2D eigenvalue weighted by Gasteiger charge is -2.38. The Balaban J connectivity index is 1.95. The van der Waals surface area contributed by atoms with Crippen LogP contribution in [0.2, 0.25) is 0 Å². The van der Waals surface area contributed by atoms with Crippen molar-refractivity contribution in [3.63, 3.8) is 0 Å². The average Bonchev–Trinajstić information content (AvgIpc) is 2.48. The van der Waals surface area contributed by atoms with E-state index in [1.54, 1.807) is 0 Å². The summed E-state index contributed by atoms with van der Waals surface area (Å²) in [5.74, 6) is 0. The molecule has 1 aromatic carbocycles. The van der Waals surface area contributed by atoms with Crippen LogP contribution in [0.1, 0.15) is 75.8 Å². The van der Waals surface area contributed by atoms with E-state index in [2.05, 4.69) is 44.7 Å². The monoisotopic (exact) mass is 284 g/mol. The van der Waals surface area contributed by atoms with E-state index >= 15 is 0 Å². The van der Waals surface area contributed by atoms with Crippen molar-refractivity contribution in [2.24, 2.45) is 5.41 Å². The van der Waals surface area contributed by atoms with Crippen molar-refractivity contribution < 1.29 is 0 Å². The molecule has 0 aromatic heterocycles. The first kappa shape index (κ1) is 16.3. The van der Waals surface area contributed by atoms with Gasteiger partial charge in [-0.15, -0.1) is 0 Å². The molecule has 116 valence electrons. The fraction of sp³-hybridized carbons (Fsp3) is 0.619. The highest BCUT2D eigenvalue weighted by Crippen LogP contribution is 2.45. The number of allylic oxidation sites excluding steroid dienone is 1.